The molecule has 126 valence electrons. The molecular formula is C19H28N2O2. The number of hydrogen-bond acceptors (Lipinski definition) is 4. The molecule has 0 bridgehead atoms. The van der Waals surface area contributed by atoms with Crippen LogP contribution in [0.15, 0.2) is 30.3 Å². The summed E-state index contributed by atoms with van der Waals surface area (Å²) < 4.78 is 0. The minimum atomic E-state index is -1.13. The van der Waals surface area contributed by atoms with Crippen LogP contribution in [0.1, 0.15) is 31.2 Å². The molecule has 4 heteroatoms. The van der Waals surface area contributed by atoms with Crippen molar-refractivity contribution in [2.75, 3.05) is 19.6 Å². The average molecular weight is 316 g/mol. The summed E-state index contributed by atoms with van der Waals surface area (Å²) >= 11 is 0. The molecule has 0 radical (unpaired) electrons. The van der Waals surface area contributed by atoms with E-state index in [1.807, 2.05) is 30.3 Å². The van der Waals surface area contributed by atoms with E-state index in [2.05, 4.69) is 10.6 Å². The molecule has 1 saturated heterocycles. The van der Waals surface area contributed by atoms with Crippen molar-refractivity contribution in [2.45, 2.75) is 43.4 Å². The van der Waals surface area contributed by atoms with Crippen LogP contribution in [0.4, 0.5) is 0 Å². The van der Waals surface area contributed by atoms with Crippen molar-refractivity contribution in [1.82, 2.24) is 10.6 Å². The Labute approximate surface area is 138 Å². The van der Waals surface area contributed by atoms with E-state index in [0.717, 1.165) is 56.2 Å². The van der Waals surface area contributed by atoms with Gasteiger partial charge in [0.1, 0.15) is 5.60 Å². The predicted octanol–water partition coefficient (Wildman–Crippen LogP) is 1.23. The van der Waals surface area contributed by atoms with Gasteiger partial charge in [0.05, 0.1) is 6.10 Å². The lowest BCUT2D eigenvalue weighted by Crippen LogP contribution is -2.50. The van der Waals surface area contributed by atoms with Gasteiger partial charge in [-0.3, -0.25) is 0 Å². The topological polar surface area (TPSA) is 64.5 Å². The van der Waals surface area contributed by atoms with Crippen LogP contribution in [0.2, 0.25) is 0 Å². The summed E-state index contributed by atoms with van der Waals surface area (Å²) in [5.41, 5.74) is -0.272. The van der Waals surface area contributed by atoms with Crippen molar-refractivity contribution in [3.05, 3.63) is 35.9 Å². The summed E-state index contributed by atoms with van der Waals surface area (Å²) in [5.74, 6) is 1.60. The van der Waals surface area contributed by atoms with Crippen molar-refractivity contribution in [2.24, 2.45) is 17.8 Å². The van der Waals surface area contributed by atoms with Crippen molar-refractivity contribution in [3.8, 4) is 0 Å². The molecule has 1 heterocycles. The molecule has 4 unspecified atom stereocenters. The Bertz CT molecular complexity index is 521. The van der Waals surface area contributed by atoms with Gasteiger partial charge in [-0.1, -0.05) is 43.2 Å². The van der Waals surface area contributed by atoms with Gasteiger partial charge in [-0.25, -0.2) is 0 Å². The largest absolute Gasteiger partial charge is 0.388 e. The van der Waals surface area contributed by atoms with Crippen LogP contribution in [-0.2, 0) is 5.60 Å². The van der Waals surface area contributed by atoms with Gasteiger partial charge in [0, 0.05) is 12.6 Å². The lowest BCUT2D eigenvalue weighted by atomic mass is 9.76. The van der Waals surface area contributed by atoms with E-state index in [4.69, 9.17) is 0 Å². The Morgan fingerprint density at radius 2 is 1.78 bits per heavy atom. The maximum absolute atomic E-state index is 11.5. The first-order valence-electron chi connectivity index (χ1n) is 9.11. The zero-order valence-corrected chi connectivity index (χ0v) is 13.6. The van der Waals surface area contributed by atoms with Gasteiger partial charge in [-0.15, -0.1) is 0 Å². The number of hydrogen-bond donors (Lipinski definition) is 4. The zero-order chi connectivity index (χ0) is 15.9. The van der Waals surface area contributed by atoms with Crippen LogP contribution in [-0.4, -0.2) is 42.0 Å². The molecule has 1 aromatic carbocycles. The number of piperidine rings is 1. The van der Waals surface area contributed by atoms with E-state index >= 15 is 0 Å². The lowest BCUT2D eigenvalue weighted by molar-refractivity contribution is -0.118. The van der Waals surface area contributed by atoms with E-state index in [1.165, 1.54) is 0 Å². The standard InChI is InChI=1S/C19H28N2O2/c22-17(12-21-18-15-10-20-11-16(15)18)19(23,14-8-4-5-9-14)13-6-2-1-3-7-13/h1-3,6-7,14-18,20-23H,4-5,8-12H2. The first kappa shape index (κ1) is 15.6. The minimum Gasteiger partial charge on any atom is -0.388 e. The third-order valence-corrected chi connectivity index (χ3v) is 6.36. The van der Waals surface area contributed by atoms with Gasteiger partial charge in [0.15, 0.2) is 0 Å². The van der Waals surface area contributed by atoms with Gasteiger partial charge in [-0.2, -0.15) is 0 Å². The molecule has 3 fully saturated rings. The normalized spacial score (nSPS) is 34.1. The van der Waals surface area contributed by atoms with Crippen molar-refractivity contribution >= 4 is 0 Å². The van der Waals surface area contributed by atoms with E-state index in [0.29, 0.717) is 12.6 Å². The quantitative estimate of drug-likeness (QED) is 0.637. The van der Waals surface area contributed by atoms with E-state index in [1.54, 1.807) is 0 Å². The summed E-state index contributed by atoms with van der Waals surface area (Å²) in [6, 6.07) is 10.3. The molecule has 4 N–H and O–H groups in total. The minimum absolute atomic E-state index is 0.155. The molecule has 0 spiro atoms. The fraction of sp³-hybridized carbons (Fsp3) is 0.684. The third kappa shape index (κ3) is 2.72. The summed E-state index contributed by atoms with van der Waals surface area (Å²) in [6.07, 6.45) is 3.54. The van der Waals surface area contributed by atoms with Crippen LogP contribution < -0.4 is 10.6 Å². The molecule has 23 heavy (non-hydrogen) atoms. The highest BCUT2D eigenvalue weighted by molar-refractivity contribution is 5.26. The predicted molar refractivity (Wildman–Crippen MR) is 89.9 cm³/mol. The number of benzene rings is 1. The molecule has 4 nitrogen and oxygen atoms in total. The van der Waals surface area contributed by atoms with Gasteiger partial charge in [0.25, 0.3) is 0 Å². The Morgan fingerprint density at radius 1 is 1.13 bits per heavy atom. The molecule has 2 saturated carbocycles. The van der Waals surface area contributed by atoms with Crippen molar-refractivity contribution in [3.63, 3.8) is 0 Å². The molecule has 3 aliphatic rings. The van der Waals surface area contributed by atoms with Crippen molar-refractivity contribution < 1.29 is 10.2 Å². The zero-order valence-electron chi connectivity index (χ0n) is 13.6. The monoisotopic (exact) mass is 316 g/mol. The molecule has 1 aromatic rings. The summed E-state index contributed by atoms with van der Waals surface area (Å²) in [4.78, 5) is 0. The Balaban J connectivity index is 1.48. The number of fused-ring (bicyclic) bond motifs is 1. The molecule has 2 aliphatic carbocycles. The second kappa shape index (κ2) is 6.17. The number of aliphatic hydroxyl groups is 2. The van der Waals surface area contributed by atoms with Gasteiger partial charge < -0.3 is 20.8 Å². The second-order valence-electron chi connectivity index (χ2n) is 7.61. The van der Waals surface area contributed by atoms with E-state index in [-0.39, 0.29) is 5.92 Å². The molecule has 1 aliphatic heterocycles. The van der Waals surface area contributed by atoms with E-state index in [9.17, 15) is 10.2 Å². The number of rotatable bonds is 6. The number of nitrogens with one attached hydrogen (secondary N) is 2. The summed E-state index contributed by atoms with van der Waals surface area (Å²) in [5, 5.41) is 29.3. The van der Waals surface area contributed by atoms with Crippen LogP contribution >= 0.6 is 0 Å². The smallest absolute Gasteiger partial charge is 0.119 e. The molecule has 4 atom stereocenters. The molecule has 0 aromatic heterocycles. The summed E-state index contributed by atoms with van der Waals surface area (Å²) in [7, 11) is 0. The average Bonchev–Trinajstić information content (AvgIpc) is 3.02. The highest BCUT2D eigenvalue weighted by Gasteiger charge is 2.53. The van der Waals surface area contributed by atoms with Crippen LogP contribution in [0, 0.1) is 17.8 Å². The Kier molecular flexibility index (Phi) is 4.18. The highest BCUT2D eigenvalue weighted by Crippen LogP contribution is 2.44. The van der Waals surface area contributed by atoms with Crippen molar-refractivity contribution in [1.29, 1.82) is 0 Å². The van der Waals surface area contributed by atoms with Crippen LogP contribution in [0.25, 0.3) is 0 Å². The molecule has 4 rings (SSSR count). The summed E-state index contributed by atoms with van der Waals surface area (Å²) in [6.45, 7) is 2.65. The second-order valence-corrected chi connectivity index (χ2v) is 7.61. The third-order valence-electron chi connectivity index (χ3n) is 6.36. The fourth-order valence-electron chi connectivity index (χ4n) is 4.90. The first-order chi connectivity index (χ1) is 11.2. The first-order valence-corrected chi connectivity index (χ1v) is 9.11. The Hall–Kier alpha value is -0.940. The number of aliphatic hydroxyl groups excluding tert-OH is 1. The lowest BCUT2D eigenvalue weighted by Gasteiger charge is -2.39. The van der Waals surface area contributed by atoms with Crippen LogP contribution in [0.3, 0.4) is 0 Å². The SMILES string of the molecule is OC(CNC1C2CNCC21)C(O)(c1ccccc1)C1CCCC1. The van der Waals surface area contributed by atoms with E-state index < -0.39 is 11.7 Å². The fourth-order valence-corrected chi connectivity index (χ4v) is 4.90. The maximum atomic E-state index is 11.5. The Morgan fingerprint density at radius 3 is 2.43 bits per heavy atom. The van der Waals surface area contributed by atoms with Gasteiger partial charge in [-0.05, 0) is 49.2 Å². The maximum Gasteiger partial charge on any atom is 0.119 e. The highest BCUT2D eigenvalue weighted by atomic mass is 16.3. The molecule has 0 amide bonds. The van der Waals surface area contributed by atoms with Gasteiger partial charge >= 0.3 is 0 Å². The van der Waals surface area contributed by atoms with Gasteiger partial charge in [0.2, 0.25) is 0 Å². The molecular weight excluding hydrogens is 288 g/mol. The van der Waals surface area contributed by atoms with Crippen LogP contribution in [0.5, 0.6) is 0 Å².